The number of nitrogens with zero attached hydrogens (tertiary/aromatic N) is 1. The normalized spacial score (nSPS) is 12.2. The molecule has 2 rings (SSSR count). The predicted octanol–water partition coefficient (Wildman–Crippen LogP) is 3.02. The molecule has 2 aromatic rings. The number of carbonyl (C=O) groups is 1. The van der Waals surface area contributed by atoms with Crippen LogP contribution in [0.3, 0.4) is 0 Å². The fraction of sp³-hybridized carbons (Fsp3) is 0.231. The number of nitrogens with two attached hydrogens (primary N) is 1. The molecule has 0 bridgehead atoms. The predicted molar refractivity (Wildman–Crippen MR) is 75.7 cm³/mol. The molecule has 0 saturated carbocycles. The van der Waals surface area contributed by atoms with Crippen LogP contribution >= 0.6 is 11.3 Å². The van der Waals surface area contributed by atoms with Crippen molar-refractivity contribution in [1.82, 2.24) is 4.98 Å². The molecule has 1 heterocycles. The lowest BCUT2D eigenvalue weighted by molar-refractivity contribution is -0.0498. The smallest absolute Gasteiger partial charge is 0.387 e. The quantitative estimate of drug-likeness (QED) is 0.889. The number of hydrogen-bond donors (Lipinski definition) is 2. The molecule has 0 fully saturated rings. The summed E-state index contributed by atoms with van der Waals surface area (Å²) in [6.45, 7) is -1.10. The SMILES string of the molecule is CC(N)c1csc(NC(=O)c2ccc(OC(F)F)cc2)n1. The number of nitrogens with one attached hydrogen (secondary N) is 1. The summed E-state index contributed by atoms with van der Waals surface area (Å²) in [6, 6.07) is 5.19. The van der Waals surface area contributed by atoms with Crippen LogP contribution < -0.4 is 15.8 Å². The number of aromatic nitrogens is 1. The van der Waals surface area contributed by atoms with E-state index in [1.54, 1.807) is 12.3 Å². The van der Waals surface area contributed by atoms with Gasteiger partial charge in [0, 0.05) is 17.0 Å². The summed E-state index contributed by atoms with van der Waals surface area (Å²) < 4.78 is 28.2. The van der Waals surface area contributed by atoms with Crippen molar-refractivity contribution < 1.29 is 18.3 Å². The molecule has 112 valence electrons. The van der Waals surface area contributed by atoms with E-state index in [1.807, 2.05) is 0 Å². The second-order valence-corrected chi connectivity index (χ2v) is 5.08. The standard InChI is InChI=1S/C13H13F2N3O2S/c1-7(16)10-6-21-13(17-10)18-11(19)8-2-4-9(5-3-8)20-12(14)15/h2-7,12H,16H2,1H3,(H,17,18,19). The van der Waals surface area contributed by atoms with Gasteiger partial charge in [0.15, 0.2) is 5.13 Å². The second kappa shape index (κ2) is 6.59. The summed E-state index contributed by atoms with van der Waals surface area (Å²) in [5, 5.41) is 4.81. The second-order valence-electron chi connectivity index (χ2n) is 4.22. The van der Waals surface area contributed by atoms with Gasteiger partial charge in [0.05, 0.1) is 5.69 Å². The zero-order valence-electron chi connectivity index (χ0n) is 11.0. The number of rotatable bonds is 5. The highest BCUT2D eigenvalue weighted by molar-refractivity contribution is 7.14. The van der Waals surface area contributed by atoms with E-state index < -0.39 is 6.61 Å². The Bertz CT molecular complexity index is 614. The molecule has 0 saturated heterocycles. The summed E-state index contributed by atoms with van der Waals surface area (Å²) in [7, 11) is 0. The number of alkyl halides is 2. The first-order valence-electron chi connectivity index (χ1n) is 6.03. The zero-order chi connectivity index (χ0) is 15.4. The lowest BCUT2D eigenvalue weighted by Gasteiger charge is -2.05. The summed E-state index contributed by atoms with van der Waals surface area (Å²) in [5.74, 6) is -0.390. The highest BCUT2D eigenvalue weighted by Crippen LogP contribution is 2.20. The van der Waals surface area contributed by atoms with Crippen LogP contribution in [-0.4, -0.2) is 17.5 Å². The molecule has 1 amide bonds. The Morgan fingerprint density at radius 2 is 2.05 bits per heavy atom. The minimum atomic E-state index is -2.89. The molecule has 5 nitrogen and oxygen atoms in total. The molecule has 21 heavy (non-hydrogen) atoms. The van der Waals surface area contributed by atoms with Crippen LogP contribution in [0.25, 0.3) is 0 Å². The number of halogens is 2. The number of thiazole rings is 1. The van der Waals surface area contributed by atoms with Crippen molar-refractivity contribution in [3.8, 4) is 5.75 Å². The van der Waals surface area contributed by atoms with Crippen LogP contribution in [0.2, 0.25) is 0 Å². The van der Waals surface area contributed by atoms with Gasteiger partial charge in [-0.3, -0.25) is 10.1 Å². The van der Waals surface area contributed by atoms with Crippen LogP contribution in [0, 0.1) is 0 Å². The van der Waals surface area contributed by atoms with Crippen LogP contribution in [0.4, 0.5) is 13.9 Å². The van der Waals surface area contributed by atoms with Crippen LogP contribution in [0.15, 0.2) is 29.6 Å². The van der Waals surface area contributed by atoms with Crippen LogP contribution in [0.5, 0.6) is 5.75 Å². The Hall–Kier alpha value is -2.06. The third-order valence-electron chi connectivity index (χ3n) is 2.55. The fourth-order valence-corrected chi connectivity index (χ4v) is 2.32. The van der Waals surface area contributed by atoms with Gasteiger partial charge in [0.2, 0.25) is 0 Å². The van der Waals surface area contributed by atoms with Crippen molar-refractivity contribution in [2.45, 2.75) is 19.6 Å². The molecule has 0 radical (unpaired) electrons. The number of benzene rings is 1. The van der Waals surface area contributed by atoms with Crippen molar-refractivity contribution in [3.63, 3.8) is 0 Å². The molecule has 0 spiro atoms. The van der Waals surface area contributed by atoms with Crippen molar-refractivity contribution in [3.05, 3.63) is 40.9 Å². The Kier molecular flexibility index (Phi) is 4.81. The van der Waals surface area contributed by atoms with E-state index in [9.17, 15) is 13.6 Å². The van der Waals surface area contributed by atoms with E-state index in [1.165, 1.54) is 35.6 Å². The maximum Gasteiger partial charge on any atom is 0.387 e. The molecule has 3 N–H and O–H groups in total. The number of ether oxygens (including phenoxy) is 1. The largest absolute Gasteiger partial charge is 0.435 e. The van der Waals surface area contributed by atoms with Gasteiger partial charge in [-0.05, 0) is 31.2 Å². The van der Waals surface area contributed by atoms with Gasteiger partial charge >= 0.3 is 6.61 Å². The molecule has 0 aliphatic heterocycles. The number of anilines is 1. The fourth-order valence-electron chi connectivity index (χ4n) is 1.51. The molecule has 1 unspecified atom stereocenters. The average Bonchev–Trinajstić information content (AvgIpc) is 2.87. The topological polar surface area (TPSA) is 77.2 Å². The Morgan fingerprint density at radius 3 is 2.57 bits per heavy atom. The molecule has 1 aromatic carbocycles. The van der Waals surface area contributed by atoms with Gasteiger partial charge in [0.1, 0.15) is 5.75 Å². The molecule has 1 atom stereocenters. The minimum Gasteiger partial charge on any atom is -0.435 e. The van der Waals surface area contributed by atoms with E-state index in [-0.39, 0.29) is 17.7 Å². The van der Waals surface area contributed by atoms with E-state index in [0.29, 0.717) is 16.4 Å². The zero-order valence-corrected chi connectivity index (χ0v) is 11.9. The van der Waals surface area contributed by atoms with Crippen molar-refractivity contribution >= 4 is 22.4 Å². The number of amides is 1. The van der Waals surface area contributed by atoms with Gasteiger partial charge in [0.25, 0.3) is 5.91 Å². The summed E-state index contributed by atoms with van der Waals surface area (Å²) in [4.78, 5) is 16.1. The number of hydrogen-bond acceptors (Lipinski definition) is 5. The van der Waals surface area contributed by atoms with Crippen molar-refractivity contribution in [2.75, 3.05) is 5.32 Å². The highest BCUT2D eigenvalue weighted by atomic mass is 32.1. The van der Waals surface area contributed by atoms with E-state index in [0.717, 1.165) is 0 Å². The first-order valence-corrected chi connectivity index (χ1v) is 6.91. The third kappa shape index (κ3) is 4.20. The summed E-state index contributed by atoms with van der Waals surface area (Å²) in [5.41, 5.74) is 6.69. The lowest BCUT2D eigenvalue weighted by Crippen LogP contribution is -2.12. The molecular weight excluding hydrogens is 300 g/mol. The first-order chi connectivity index (χ1) is 9.95. The monoisotopic (exact) mass is 313 g/mol. The van der Waals surface area contributed by atoms with Gasteiger partial charge in [-0.1, -0.05) is 0 Å². The van der Waals surface area contributed by atoms with Gasteiger partial charge in [-0.2, -0.15) is 8.78 Å². The first kappa shape index (κ1) is 15.3. The maximum atomic E-state index is 12.0. The lowest BCUT2D eigenvalue weighted by atomic mass is 10.2. The molecular formula is C13H13F2N3O2S. The number of carbonyl (C=O) groups excluding carboxylic acids is 1. The van der Waals surface area contributed by atoms with E-state index in [4.69, 9.17) is 5.73 Å². The van der Waals surface area contributed by atoms with Crippen LogP contribution in [-0.2, 0) is 0 Å². The summed E-state index contributed by atoms with van der Waals surface area (Å²) in [6.07, 6.45) is 0. The Morgan fingerprint density at radius 1 is 1.38 bits per heavy atom. The highest BCUT2D eigenvalue weighted by Gasteiger charge is 2.11. The maximum absolute atomic E-state index is 12.0. The molecule has 0 aliphatic carbocycles. The Labute approximate surface area is 123 Å². The van der Waals surface area contributed by atoms with Crippen molar-refractivity contribution in [2.24, 2.45) is 5.73 Å². The average molecular weight is 313 g/mol. The minimum absolute atomic E-state index is 0.00459. The van der Waals surface area contributed by atoms with Gasteiger partial charge in [-0.25, -0.2) is 4.98 Å². The Balaban J connectivity index is 2.02. The van der Waals surface area contributed by atoms with E-state index >= 15 is 0 Å². The van der Waals surface area contributed by atoms with E-state index in [2.05, 4.69) is 15.0 Å². The molecule has 8 heteroatoms. The van der Waals surface area contributed by atoms with Gasteiger partial charge < -0.3 is 10.5 Å². The molecule has 0 aliphatic rings. The third-order valence-corrected chi connectivity index (χ3v) is 3.33. The molecule has 1 aromatic heterocycles. The summed E-state index contributed by atoms with van der Waals surface area (Å²) >= 11 is 1.27. The van der Waals surface area contributed by atoms with Gasteiger partial charge in [-0.15, -0.1) is 11.3 Å². The van der Waals surface area contributed by atoms with Crippen molar-refractivity contribution in [1.29, 1.82) is 0 Å². The van der Waals surface area contributed by atoms with Crippen LogP contribution in [0.1, 0.15) is 29.0 Å².